The number of amides is 1. The van der Waals surface area contributed by atoms with Crippen molar-refractivity contribution in [2.75, 3.05) is 13.6 Å². The summed E-state index contributed by atoms with van der Waals surface area (Å²) in [5.41, 5.74) is -0.106. The Morgan fingerprint density at radius 2 is 2.19 bits per heavy atom. The van der Waals surface area contributed by atoms with Gasteiger partial charge in [0, 0.05) is 12.0 Å². The SMILES string of the molecule is CN(CC1(C)Cn2cc([N+](=O)[O-])nc2O1)C(=O)OCc1ccc(F)cc1. The highest BCUT2D eigenvalue weighted by Crippen LogP contribution is 2.31. The van der Waals surface area contributed by atoms with E-state index in [4.69, 9.17) is 9.47 Å². The van der Waals surface area contributed by atoms with Gasteiger partial charge in [-0.3, -0.25) is 4.57 Å². The van der Waals surface area contributed by atoms with Crippen LogP contribution in [0, 0.1) is 15.9 Å². The molecule has 0 bridgehead atoms. The quantitative estimate of drug-likeness (QED) is 0.596. The molecule has 10 heteroatoms. The summed E-state index contributed by atoms with van der Waals surface area (Å²) in [6.45, 7) is 2.32. The van der Waals surface area contributed by atoms with Gasteiger partial charge in [-0.05, 0) is 29.5 Å². The van der Waals surface area contributed by atoms with Gasteiger partial charge in [-0.15, -0.1) is 0 Å². The number of ether oxygens (including phenoxy) is 2. The number of benzene rings is 1. The van der Waals surface area contributed by atoms with Gasteiger partial charge in [0.1, 0.15) is 24.2 Å². The van der Waals surface area contributed by atoms with Gasteiger partial charge in [-0.1, -0.05) is 12.1 Å². The van der Waals surface area contributed by atoms with Crippen molar-refractivity contribution < 1.29 is 23.6 Å². The van der Waals surface area contributed by atoms with Crippen molar-refractivity contribution in [2.45, 2.75) is 25.7 Å². The number of carbonyl (C=O) groups is 1. The van der Waals surface area contributed by atoms with Gasteiger partial charge < -0.3 is 24.5 Å². The first-order chi connectivity index (χ1) is 12.3. The van der Waals surface area contributed by atoms with Crippen LogP contribution < -0.4 is 4.74 Å². The van der Waals surface area contributed by atoms with Crippen LogP contribution in [0.3, 0.4) is 0 Å². The molecule has 1 aliphatic rings. The molecule has 0 saturated carbocycles. The Bertz CT molecular complexity index is 812. The number of halogens is 1. The minimum Gasteiger partial charge on any atom is -0.445 e. The molecule has 138 valence electrons. The summed E-state index contributed by atoms with van der Waals surface area (Å²) in [6.07, 6.45) is 0.739. The first-order valence-electron chi connectivity index (χ1n) is 7.79. The minimum atomic E-state index is -0.777. The highest BCUT2D eigenvalue weighted by atomic mass is 19.1. The highest BCUT2D eigenvalue weighted by Gasteiger charge is 2.41. The molecule has 0 fully saturated rings. The number of nitrogens with zero attached hydrogens (tertiary/aromatic N) is 4. The van der Waals surface area contributed by atoms with Crippen LogP contribution in [0.1, 0.15) is 12.5 Å². The van der Waals surface area contributed by atoms with Gasteiger partial charge in [-0.2, -0.15) is 0 Å². The molecule has 26 heavy (non-hydrogen) atoms. The first-order valence-corrected chi connectivity index (χ1v) is 7.79. The van der Waals surface area contributed by atoms with Crippen LogP contribution >= 0.6 is 0 Å². The van der Waals surface area contributed by atoms with E-state index in [0.717, 1.165) is 0 Å². The molecule has 1 aromatic heterocycles. The Labute approximate surface area is 148 Å². The zero-order valence-electron chi connectivity index (χ0n) is 14.2. The van der Waals surface area contributed by atoms with Crippen LogP contribution in [0.25, 0.3) is 0 Å². The molecule has 1 unspecified atom stereocenters. The molecule has 2 aromatic rings. The molecule has 9 nitrogen and oxygen atoms in total. The lowest BCUT2D eigenvalue weighted by molar-refractivity contribution is -0.389. The van der Waals surface area contributed by atoms with Crippen molar-refractivity contribution in [1.82, 2.24) is 14.5 Å². The second-order valence-corrected chi connectivity index (χ2v) is 6.36. The molecule has 1 amide bonds. The maximum Gasteiger partial charge on any atom is 0.415 e. The lowest BCUT2D eigenvalue weighted by atomic mass is 10.1. The molecule has 3 rings (SSSR count). The van der Waals surface area contributed by atoms with Gasteiger partial charge >= 0.3 is 17.9 Å². The summed E-state index contributed by atoms with van der Waals surface area (Å²) in [7, 11) is 1.56. The Balaban J connectivity index is 1.54. The molecule has 0 saturated heterocycles. The number of hydrogen-bond donors (Lipinski definition) is 0. The van der Waals surface area contributed by atoms with Crippen LogP contribution in [0.15, 0.2) is 30.5 Å². The Morgan fingerprint density at radius 1 is 1.50 bits per heavy atom. The molecule has 0 radical (unpaired) electrons. The van der Waals surface area contributed by atoms with E-state index in [1.165, 1.54) is 39.9 Å². The smallest absolute Gasteiger partial charge is 0.415 e. The van der Waals surface area contributed by atoms with E-state index in [-0.39, 0.29) is 30.8 Å². The fourth-order valence-corrected chi connectivity index (χ4v) is 2.77. The number of hydrogen-bond acceptors (Lipinski definition) is 6. The third kappa shape index (κ3) is 3.73. The number of fused-ring (bicyclic) bond motifs is 1. The maximum absolute atomic E-state index is 12.9. The van der Waals surface area contributed by atoms with Gasteiger partial charge in [0.05, 0.1) is 13.1 Å². The van der Waals surface area contributed by atoms with Crippen molar-refractivity contribution in [1.29, 1.82) is 0 Å². The van der Waals surface area contributed by atoms with Crippen molar-refractivity contribution in [3.05, 3.63) is 52.0 Å². The molecule has 2 heterocycles. The first kappa shape index (κ1) is 17.6. The van der Waals surface area contributed by atoms with Crippen LogP contribution in [-0.2, 0) is 17.9 Å². The van der Waals surface area contributed by atoms with Gasteiger partial charge in [0.25, 0.3) is 0 Å². The third-order valence-electron chi connectivity index (χ3n) is 3.92. The zero-order valence-corrected chi connectivity index (χ0v) is 14.2. The molecular formula is C16H17FN4O5. The minimum absolute atomic E-state index is 0.0226. The predicted molar refractivity (Wildman–Crippen MR) is 87.1 cm³/mol. The van der Waals surface area contributed by atoms with Crippen LogP contribution in [-0.4, -0.2) is 44.7 Å². The molecule has 1 aliphatic heterocycles. The van der Waals surface area contributed by atoms with E-state index in [1.807, 2.05) is 0 Å². The lowest BCUT2D eigenvalue weighted by Crippen LogP contribution is -2.45. The summed E-state index contributed by atoms with van der Waals surface area (Å²) in [5, 5.41) is 10.7. The van der Waals surface area contributed by atoms with Crippen LogP contribution in [0.4, 0.5) is 15.0 Å². The number of carbonyl (C=O) groups excluding carboxylic acids is 1. The maximum atomic E-state index is 12.9. The number of imidazole rings is 1. The van der Waals surface area contributed by atoms with E-state index in [1.54, 1.807) is 14.0 Å². The number of nitro groups is 1. The summed E-state index contributed by atoms with van der Waals surface area (Å²) in [5.74, 6) is -0.643. The molecule has 0 aliphatic carbocycles. The third-order valence-corrected chi connectivity index (χ3v) is 3.92. The molecule has 0 spiro atoms. The number of aromatic nitrogens is 2. The van der Waals surface area contributed by atoms with E-state index in [9.17, 15) is 19.3 Å². The monoisotopic (exact) mass is 364 g/mol. The van der Waals surface area contributed by atoms with E-state index in [0.29, 0.717) is 12.1 Å². The van der Waals surface area contributed by atoms with Gasteiger partial charge in [0.15, 0.2) is 0 Å². The summed E-state index contributed by atoms with van der Waals surface area (Å²) in [4.78, 5) is 27.4. The largest absolute Gasteiger partial charge is 0.445 e. The second kappa shape index (κ2) is 6.62. The zero-order chi connectivity index (χ0) is 18.9. The average molecular weight is 364 g/mol. The van der Waals surface area contributed by atoms with Gasteiger partial charge in [0.2, 0.25) is 0 Å². The van der Waals surface area contributed by atoms with E-state index in [2.05, 4.69) is 4.98 Å². The molecule has 0 N–H and O–H groups in total. The standard InChI is InChI=1S/C16H17FN4O5/c1-16(10-20-7-13(21(23)24)18-14(20)26-16)9-19(2)15(22)25-8-11-3-5-12(17)6-4-11/h3-7H,8-10H2,1-2H3. The predicted octanol–water partition coefficient (Wildman–Crippen LogP) is 2.35. The summed E-state index contributed by atoms with van der Waals surface area (Å²) in [6, 6.07) is 5.81. The molecular weight excluding hydrogens is 347 g/mol. The van der Waals surface area contributed by atoms with Crippen molar-refractivity contribution in [3.8, 4) is 6.01 Å². The average Bonchev–Trinajstić information content (AvgIpc) is 3.08. The van der Waals surface area contributed by atoms with E-state index >= 15 is 0 Å². The van der Waals surface area contributed by atoms with Crippen molar-refractivity contribution in [2.24, 2.45) is 0 Å². The molecule has 1 aromatic carbocycles. The Morgan fingerprint density at radius 3 is 2.81 bits per heavy atom. The van der Waals surface area contributed by atoms with Crippen LogP contribution in [0.5, 0.6) is 6.01 Å². The van der Waals surface area contributed by atoms with Crippen LogP contribution in [0.2, 0.25) is 0 Å². The van der Waals surface area contributed by atoms with Crippen molar-refractivity contribution in [3.63, 3.8) is 0 Å². The van der Waals surface area contributed by atoms with E-state index < -0.39 is 16.6 Å². The summed E-state index contributed by atoms with van der Waals surface area (Å²) < 4.78 is 25.3. The number of likely N-dealkylation sites (N-methyl/N-ethyl adjacent to an activating group) is 1. The van der Waals surface area contributed by atoms with Crippen molar-refractivity contribution >= 4 is 11.9 Å². The fraction of sp³-hybridized carbons (Fsp3) is 0.375. The lowest BCUT2D eigenvalue weighted by Gasteiger charge is -2.27. The normalized spacial score (nSPS) is 18.1. The van der Waals surface area contributed by atoms with Gasteiger partial charge in [-0.25, -0.2) is 9.18 Å². The summed E-state index contributed by atoms with van der Waals surface area (Å²) >= 11 is 0. The second-order valence-electron chi connectivity index (χ2n) is 6.36. The Kier molecular flexibility index (Phi) is 4.49. The molecule has 1 atom stereocenters. The fourth-order valence-electron chi connectivity index (χ4n) is 2.77. The Hall–Kier alpha value is -3.17. The topological polar surface area (TPSA) is 99.7 Å². The number of rotatable bonds is 5. The highest BCUT2D eigenvalue weighted by molar-refractivity contribution is 5.67.